The van der Waals surface area contributed by atoms with Crippen LogP contribution in [0.4, 0.5) is 0 Å². The smallest absolute Gasteiger partial charge is 0.176 e. The van der Waals surface area contributed by atoms with Crippen molar-refractivity contribution >= 4 is 23.1 Å². The minimum atomic E-state index is 0.501. The van der Waals surface area contributed by atoms with Gasteiger partial charge in [-0.2, -0.15) is 5.10 Å². The lowest BCUT2D eigenvalue weighted by Crippen LogP contribution is -2.30. The number of amidine groups is 1. The van der Waals surface area contributed by atoms with Crippen LogP contribution >= 0.6 is 11.6 Å². The van der Waals surface area contributed by atoms with E-state index in [2.05, 4.69) is 33.8 Å². The molecule has 0 saturated carbocycles. The normalized spacial score (nSPS) is 16.8. The van der Waals surface area contributed by atoms with E-state index in [0.717, 1.165) is 37.5 Å². The molecule has 0 saturated heterocycles. The van der Waals surface area contributed by atoms with E-state index in [4.69, 9.17) is 11.6 Å². The summed E-state index contributed by atoms with van der Waals surface area (Å²) in [7, 11) is 1.73. The molecule has 0 radical (unpaired) electrons. The molecule has 1 aliphatic rings. The lowest BCUT2D eigenvalue weighted by Gasteiger charge is -2.23. The molecule has 0 aliphatic carbocycles. The van der Waals surface area contributed by atoms with Crippen molar-refractivity contribution < 1.29 is 0 Å². The fraction of sp³-hybridized carbons (Fsp3) is 0.667. The second-order valence-electron chi connectivity index (χ2n) is 5.86. The molecule has 2 heterocycles. The fourth-order valence-corrected chi connectivity index (χ4v) is 2.79. The molecule has 0 bridgehead atoms. The Morgan fingerprint density at radius 1 is 1.29 bits per heavy atom. The molecule has 6 heteroatoms. The Kier molecular flexibility index (Phi) is 5.17. The first-order valence-electron chi connectivity index (χ1n) is 7.42. The van der Waals surface area contributed by atoms with Crippen molar-refractivity contribution in [2.45, 2.75) is 53.2 Å². The number of fused-ring (bicyclic) bond motifs is 1. The zero-order valence-corrected chi connectivity index (χ0v) is 14.3. The molecule has 116 valence electrons. The molecule has 1 aromatic rings. The summed E-state index contributed by atoms with van der Waals surface area (Å²) in [4.78, 5) is 11.1. The zero-order chi connectivity index (χ0) is 15.6. The summed E-state index contributed by atoms with van der Waals surface area (Å²) in [5, 5.41) is 5.34. The summed E-state index contributed by atoms with van der Waals surface area (Å²) in [5.74, 6) is 0.608. The molecule has 0 fully saturated rings. The van der Waals surface area contributed by atoms with E-state index in [0.29, 0.717) is 22.6 Å². The van der Waals surface area contributed by atoms with E-state index in [9.17, 15) is 0 Å². The number of rotatable bonds is 2. The molecule has 0 atom stereocenters. The predicted molar refractivity (Wildman–Crippen MR) is 88.6 cm³/mol. The Morgan fingerprint density at radius 3 is 2.57 bits per heavy atom. The largest absolute Gasteiger partial charge is 0.295 e. The van der Waals surface area contributed by atoms with Gasteiger partial charge in [-0.15, -0.1) is 0 Å². The van der Waals surface area contributed by atoms with Crippen molar-refractivity contribution in [2.75, 3.05) is 13.6 Å². The van der Waals surface area contributed by atoms with E-state index in [-0.39, 0.29) is 0 Å². The number of hydrogen-bond acceptors (Lipinski definition) is 3. The second-order valence-corrected chi connectivity index (χ2v) is 6.23. The van der Waals surface area contributed by atoms with Crippen molar-refractivity contribution in [3.63, 3.8) is 0 Å². The minimum Gasteiger partial charge on any atom is -0.295 e. The number of aliphatic imine (C=N–C) groups is 2. The number of aryl methyl sites for hydroxylation is 1. The van der Waals surface area contributed by atoms with E-state index < -0.39 is 0 Å². The lowest BCUT2D eigenvalue weighted by atomic mass is 10.2. The first kappa shape index (κ1) is 16.2. The predicted octanol–water partition coefficient (Wildman–Crippen LogP) is 3.01. The zero-order valence-electron chi connectivity index (χ0n) is 13.5. The second kappa shape index (κ2) is 6.71. The highest BCUT2D eigenvalue weighted by molar-refractivity contribution is 6.34. The first-order chi connectivity index (χ1) is 9.93. The first-order valence-corrected chi connectivity index (χ1v) is 7.80. The van der Waals surface area contributed by atoms with Crippen molar-refractivity contribution in [3.05, 3.63) is 16.4 Å². The third-order valence-corrected chi connectivity index (χ3v) is 4.04. The number of hydrogen-bond donors (Lipinski definition) is 0. The van der Waals surface area contributed by atoms with E-state index in [1.54, 1.807) is 7.05 Å². The Bertz CT molecular complexity index is 567. The number of halogens is 1. The highest BCUT2D eigenvalue weighted by Crippen LogP contribution is 2.26. The standard InChI is InChI=1S/C15H24ClN5/c1-10(2)18-15(17-5)14-13(16)12-9-20(11(3)4)7-6-8-21(12)19-14/h11H,6-9H2,1-5H3. The van der Waals surface area contributed by atoms with Gasteiger partial charge >= 0.3 is 0 Å². The third-order valence-electron chi connectivity index (χ3n) is 3.65. The summed E-state index contributed by atoms with van der Waals surface area (Å²) in [6.07, 6.45) is 1.08. The number of aromatic nitrogens is 2. The van der Waals surface area contributed by atoms with Crippen LogP contribution in [0.2, 0.25) is 5.02 Å². The van der Waals surface area contributed by atoms with Crippen molar-refractivity contribution in [3.8, 4) is 0 Å². The van der Waals surface area contributed by atoms with Crippen LogP contribution in [0.3, 0.4) is 0 Å². The molecule has 1 aliphatic heterocycles. The van der Waals surface area contributed by atoms with Gasteiger partial charge in [-0.05, 0) is 34.1 Å². The maximum absolute atomic E-state index is 6.58. The van der Waals surface area contributed by atoms with Crippen molar-refractivity contribution in [1.82, 2.24) is 14.7 Å². The summed E-state index contributed by atoms with van der Waals surface area (Å²) in [6.45, 7) is 11.1. The molecule has 5 nitrogen and oxygen atoms in total. The minimum absolute atomic E-state index is 0.501. The van der Waals surface area contributed by atoms with Gasteiger partial charge in [-0.3, -0.25) is 14.6 Å². The summed E-state index contributed by atoms with van der Waals surface area (Å²) >= 11 is 6.58. The van der Waals surface area contributed by atoms with Gasteiger partial charge in [0, 0.05) is 38.4 Å². The quantitative estimate of drug-likeness (QED) is 0.623. The molecule has 0 N–H and O–H groups in total. The van der Waals surface area contributed by atoms with Crippen LogP contribution in [0.15, 0.2) is 9.98 Å². The molecule has 0 amide bonds. The number of nitrogens with zero attached hydrogens (tertiary/aromatic N) is 5. The monoisotopic (exact) mass is 309 g/mol. The SMILES string of the molecule is CN=C(N=C(C)C)c1nn2c(c1Cl)CN(C(C)C)CCC2. The molecule has 1 aromatic heterocycles. The van der Waals surface area contributed by atoms with Gasteiger partial charge in [-0.1, -0.05) is 11.6 Å². The van der Waals surface area contributed by atoms with Crippen LogP contribution in [0.1, 0.15) is 45.5 Å². The van der Waals surface area contributed by atoms with Crippen molar-refractivity contribution in [1.29, 1.82) is 0 Å². The van der Waals surface area contributed by atoms with Gasteiger partial charge in [0.15, 0.2) is 5.84 Å². The molecule has 0 spiro atoms. The maximum atomic E-state index is 6.58. The van der Waals surface area contributed by atoms with Crippen LogP contribution in [0, 0.1) is 0 Å². The van der Waals surface area contributed by atoms with Gasteiger partial charge in [-0.25, -0.2) is 4.99 Å². The highest BCUT2D eigenvalue weighted by atomic mass is 35.5. The van der Waals surface area contributed by atoms with Gasteiger partial charge in [0.05, 0.1) is 10.7 Å². The maximum Gasteiger partial charge on any atom is 0.176 e. The third kappa shape index (κ3) is 3.52. The van der Waals surface area contributed by atoms with Crippen molar-refractivity contribution in [2.24, 2.45) is 9.98 Å². The average Bonchev–Trinajstić information content (AvgIpc) is 2.62. The van der Waals surface area contributed by atoms with E-state index in [1.165, 1.54) is 0 Å². The van der Waals surface area contributed by atoms with Gasteiger partial charge in [0.25, 0.3) is 0 Å². The fourth-order valence-electron chi connectivity index (χ4n) is 2.51. The average molecular weight is 310 g/mol. The lowest BCUT2D eigenvalue weighted by molar-refractivity contribution is 0.216. The molecule has 0 aromatic carbocycles. The van der Waals surface area contributed by atoms with Gasteiger partial charge < -0.3 is 0 Å². The highest BCUT2D eigenvalue weighted by Gasteiger charge is 2.24. The molecule has 2 rings (SSSR count). The van der Waals surface area contributed by atoms with Gasteiger partial charge in [0.2, 0.25) is 0 Å². The summed E-state index contributed by atoms with van der Waals surface area (Å²) in [5.41, 5.74) is 2.71. The topological polar surface area (TPSA) is 45.8 Å². The summed E-state index contributed by atoms with van der Waals surface area (Å²) < 4.78 is 2.02. The van der Waals surface area contributed by atoms with Crippen LogP contribution in [-0.2, 0) is 13.1 Å². The molecular weight excluding hydrogens is 286 g/mol. The van der Waals surface area contributed by atoms with E-state index >= 15 is 0 Å². The van der Waals surface area contributed by atoms with Crippen LogP contribution in [-0.4, -0.2) is 45.9 Å². The Labute approximate surface area is 131 Å². The van der Waals surface area contributed by atoms with Crippen LogP contribution < -0.4 is 0 Å². The van der Waals surface area contributed by atoms with Crippen LogP contribution in [0.5, 0.6) is 0 Å². The van der Waals surface area contributed by atoms with Crippen LogP contribution in [0.25, 0.3) is 0 Å². The van der Waals surface area contributed by atoms with Gasteiger partial charge in [0.1, 0.15) is 5.69 Å². The Balaban J connectivity index is 2.41. The Hall–Kier alpha value is -1.20. The molecular formula is C15H24ClN5. The molecule has 0 unspecified atom stereocenters. The summed E-state index contributed by atoms with van der Waals surface area (Å²) in [6, 6.07) is 0.501. The van der Waals surface area contributed by atoms with E-state index in [1.807, 2.05) is 18.5 Å². The Morgan fingerprint density at radius 2 is 2.00 bits per heavy atom. The molecule has 21 heavy (non-hydrogen) atoms.